The lowest BCUT2D eigenvalue weighted by molar-refractivity contribution is -0.127. The number of pyridine rings is 1. The molecule has 0 radical (unpaired) electrons. The molecule has 0 spiro atoms. The number of nitrogens with one attached hydrogen (secondary N) is 1. The summed E-state index contributed by atoms with van der Waals surface area (Å²) in [5.74, 6) is -0.218. The van der Waals surface area contributed by atoms with E-state index in [1.165, 1.54) is 6.20 Å². The Hall–Kier alpha value is -1.91. The third kappa shape index (κ3) is 4.33. The van der Waals surface area contributed by atoms with Gasteiger partial charge in [0.1, 0.15) is 11.3 Å². The van der Waals surface area contributed by atoms with E-state index < -0.39 is 6.10 Å². The van der Waals surface area contributed by atoms with E-state index in [-0.39, 0.29) is 5.91 Å². The van der Waals surface area contributed by atoms with Crippen molar-refractivity contribution in [1.29, 1.82) is 0 Å². The van der Waals surface area contributed by atoms with Gasteiger partial charge in [0, 0.05) is 0 Å². The Kier molecular flexibility index (Phi) is 5.09. The van der Waals surface area contributed by atoms with Crippen LogP contribution in [-0.2, 0) is 16.1 Å². The molecule has 1 atom stereocenters. The molecule has 5 heteroatoms. The first-order valence-electron chi connectivity index (χ1n) is 6.23. The molecule has 0 unspecified atom stereocenters. The topological polar surface area (TPSA) is 51.2 Å². The van der Waals surface area contributed by atoms with Gasteiger partial charge in [0.2, 0.25) is 0 Å². The monoisotopic (exact) mass is 290 g/mol. The van der Waals surface area contributed by atoms with Crippen LogP contribution < -0.4 is 5.32 Å². The second-order valence-electron chi connectivity index (χ2n) is 4.30. The molecule has 1 amide bonds. The van der Waals surface area contributed by atoms with E-state index in [4.69, 9.17) is 16.3 Å². The number of nitrogens with zero attached hydrogens (tertiary/aromatic N) is 1. The van der Waals surface area contributed by atoms with Crippen LogP contribution in [0.3, 0.4) is 0 Å². The van der Waals surface area contributed by atoms with Gasteiger partial charge in [0.25, 0.3) is 5.91 Å². The normalized spacial score (nSPS) is 11.9. The van der Waals surface area contributed by atoms with Crippen molar-refractivity contribution in [1.82, 2.24) is 4.98 Å². The van der Waals surface area contributed by atoms with Crippen molar-refractivity contribution in [2.75, 3.05) is 5.32 Å². The summed E-state index contributed by atoms with van der Waals surface area (Å²) < 4.78 is 5.53. The van der Waals surface area contributed by atoms with E-state index >= 15 is 0 Å². The summed E-state index contributed by atoms with van der Waals surface area (Å²) in [6.45, 7) is 2.11. The summed E-state index contributed by atoms with van der Waals surface area (Å²) in [7, 11) is 0. The summed E-state index contributed by atoms with van der Waals surface area (Å²) in [5.41, 5.74) is 1.62. The number of halogens is 1. The van der Waals surface area contributed by atoms with Crippen LogP contribution in [0, 0.1) is 0 Å². The van der Waals surface area contributed by atoms with Crippen molar-refractivity contribution < 1.29 is 9.53 Å². The van der Waals surface area contributed by atoms with Crippen LogP contribution in [0.2, 0.25) is 5.15 Å². The van der Waals surface area contributed by atoms with Crippen molar-refractivity contribution in [2.24, 2.45) is 0 Å². The van der Waals surface area contributed by atoms with E-state index in [2.05, 4.69) is 10.3 Å². The molecule has 2 rings (SSSR count). The molecule has 4 nitrogen and oxygen atoms in total. The van der Waals surface area contributed by atoms with Crippen molar-refractivity contribution >= 4 is 23.2 Å². The van der Waals surface area contributed by atoms with Crippen molar-refractivity contribution in [3.63, 3.8) is 0 Å². The third-order valence-electron chi connectivity index (χ3n) is 2.71. The molecular formula is C15H15ClN2O2. The maximum atomic E-state index is 11.9. The smallest absolute Gasteiger partial charge is 0.253 e. The van der Waals surface area contributed by atoms with Gasteiger partial charge >= 0.3 is 0 Å². The molecule has 0 aliphatic carbocycles. The predicted molar refractivity (Wildman–Crippen MR) is 78.6 cm³/mol. The number of carbonyl (C=O) groups excluding carboxylic acids is 1. The molecule has 1 aromatic carbocycles. The number of ether oxygens (including phenoxy) is 1. The zero-order valence-corrected chi connectivity index (χ0v) is 11.8. The summed E-state index contributed by atoms with van der Waals surface area (Å²) in [4.78, 5) is 15.8. The van der Waals surface area contributed by atoms with Gasteiger partial charge in [-0.3, -0.25) is 4.79 Å². The fourth-order valence-electron chi connectivity index (χ4n) is 1.56. The highest BCUT2D eigenvalue weighted by Gasteiger charge is 2.13. The lowest BCUT2D eigenvalue weighted by atomic mass is 10.2. The number of carbonyl (C=O) groups is 1. The number of anilines is 1. The largest absolute Gasteiger partial charge is 0.364 e. The molecule has 1 aromatic heterocycles. The summed E-state index contributed by atoms with van der Waals surface area (Å²) in [6.07, 6.45) is 0.954. The predicted octanol–water partition coefficient (Wildman–Crippen LogP) is 3.28. The van der Waals surface area contributed by atoms with Crippen LogP contribution >= 0.6 is 11.6 Å². The second-order valence-corrected chi connectivity index (χ2v) is 4.68. The fraction of sp³-hybridized carbons (Fsp3) is 0.200. The quantitative estimate of drug-likeness (QED) is 0.860. The minimum Gasteiger partial charge on any atom is -0.364 e. The molecule has 0 aliphatic rings. The van der Waals surface area contributed by atoms with Crippen LogP contribution in [0.15, 0.2) is 48.7 Å². The van der Waals surface area contributed by atoms with E-state index in [0.717, 1.165) is 5.56 Å². The lowest BCUT2D eigenvalue weighted by Crippen LogP contribution is -2.27. The van der Waals surface area contributed by atoms with E-state index in [1.807, 2.05) is 30.3 Å². The lowest BCUT2D eigenvalue weighted by Gasteiger charge is -2.13. The Balaban J connectivity index is 1.84. The van der Waals surface area contributed by atoms with Crippen molar-refractivity contribution in [2.45, 2.75) is 19.6 Å². The van der Waals surface area contributed by atoms with Gasteiger partial charge in [-0.1, -0.05) is 41.9 Å². The minimum absolute atomic E-state index is 0.218. The second kappa shape index (κ2) is 7.03. The summed E-state index contributed by atoms with van der Waals surface area (Å²) in [6, 6.07) is 13.0. The molecule has 20 heavy (non-hydrogen) atoms. The highest BCUT2D eigenvalue weighted by molar-refractivity contribution is 6.29. The maximum Gasteiger partial charge on any atom is 0.253 e. The van der Waals surface area contributed by atoms with Gasteiger partial charge in [0.05, 0.1) is 18.5 Å². The first kappa shape index (κ1) is 14.5. The first-order chi connectivity index (χ1) is 9.65. The molecule has 0 saturated carbocycles. The molecule has 0 saturated heterocycles. The molecule has 104 valence electrons. The van der Waals surface area contributed by atoms with Crippen LogP contribution in [-0.4, -0.2) is 17.0 Å². The van der Waals surface area contributed by atoms with Gasteiger partial charge in [-0.2, -0.15) is 0 Å². The van der Waals surface area contributed by atoms with Gasteiger partial charge in [0.15, 0.2) is 0 Å². The number of rotatable bonds is 5. The Labute approximate surface area is 122 Å². The highest BCUT2D eigenvalue weighted by Crippen LogP contribution is 2.11. The number of aromatic nitrogens is 1. The van der Waals surface area contributed by atoms with Gasteiger partial charge < -0.3 is 10.1 Å². The van der Waals surface area contributed by atoms with Gasteiger partial charge in [-0.05, 0) is 24.6 Å². The summed E-state index contributed by atoms with van der Waals surface area (Å²) >= 11 is 5.68. The standard InChI is InChI=1S/C15H15ClN2O2/c1-11(20-10-12-5-3-2-4-6-12)15(19)18-13-7-8-14(16)17-9-13/h2-9,11H,10H2,1H3,(H,18,19)/t11-/m0/s1. The van der Waals surface area contributed by atoms with Crippen molar-refractivity contribution in [3.8, 4) is 0 Å². The van der Waals surface area contributed by atoms with Crippen LogP contribution in [0.5, 0.6) is 0 Å². The van der Waals surface area contributed by atoms with Gasteiger partial charge in [-0.15, -0.1) is 0 Å². The van der Waals surface area contributed by atoms with E-state index in [1.54, 1.807) is 19.1 Å². The van der Waals surface area contributed by atoms with E-state index in [0.29, 0.717) is 17.4 Å². The fourth-order valence-corrected chi connectivity index (χ4v) is 1.68. The molecule has 0 bridgehead atoms. The zero-order chi connectivity index (χ0) is 14.4. The Morgan fingerprint density at radius 2 is 2.05 bits per heavy atom. The molecule has 0 aliphatic heterocycles. The molecule has 2 aromatic rings. The Morgan fingerprint density at radius 1 is 1.30 bits per heavy atom. The highest BCUT2D eigenvalue weighted by atomic mass is 35.5. The van der Waals surface area contributed by atoms with Crippen LogP contribution in [0.1, 0.15) is 12.5 Å². The first-order valence-corrected chi connectivity index (χ1v) is 6.61. The molecule has 1 heterocycles. The number of hydrogen-bond donors (Lipinski definition) is 1. The molecule has 0 fully saturated rings. The molecule has 1 N–H and O–H groups in total. The number of amides is 1. The minimum atomic E-state index is -0.550. The Bertz CT molecular complexity index is 558. The van der Waals surface area contributed by atoms with Crippen LogP contribution in [0.4, 0.5) is 5.69 Å². The average molecular weight is 291 g/mol. The van der Waals surface area contributed by atoms with Gasteiger partial charge in [-0.25, -0.2) is 4.98 Å². The summed E-state index contributed by atoms with van der Waals surface area (Å²) in [5, 5.41) is 3.11. The third-order valence-corrected chi connectivity index (χ3v) is 2.93. The zero-order valence-electron chi connectivity index (χ0n) is 11.0. The Morgan fingerprint density at radius 3 is 2.70 bits per heavy atom. The average Bonchev–Trinajstić information content (AvgIpc) is 2.48. The number of benzene rings is 1. The SMILES string of the molecule is C[C@H](OCc1ccccc1)C(=O)Nc1ccc(Cl)nc1. The van der Waals surface area contributed by atoms with Crippen LogP contribution in [0.25, 0.3) is 0 Å². The molecular weight excluding hydrogens is 276 g/mol. The van der Waals surface area contributed by atoms with Crippen molar-refractivity contribution in [3.05, 3.63) is 59.4 Å². The maximum absolute atomic E-state index is 11.9. The van der Waals surface area contributed by atoms with E-state index in [9.17, 15) is 4.79 Å². The number of hydrogen-bond acceptors (Lipinski definition) is 3.